The summed E-state index contributed by atoms with van der Waals surface area (Å²) in [6, 6.07) is 0. The van der Waals surface area contributed by atoms with Gasteiger partial charge in [0.2, 0.25) is 0 Å². The summed E-state index contributed by atoms with van der Waals surface area (Å²) >= 11 is 0. The van der Waals surface area contributed by atoms with Crippen LogP contribution in [0.15, 0.2) is 12.2 Å². The molecular formula is C11H18. The quantitative estimate of drug-likeness (QED) is 0.465. The van der Waals surface area contributed by atoms with Crippen LogP contribution in [0.3, 0.4) is 0 Å². The lowest BCUT2D eigenvalue weighted by molar-refractivity contribution is 0.306. The fourth-order valence-corrected chi connectivity index (χ4v) is 2.57. The van der Waals surface area contributed by atoms with E-state index >= 15 is 0 Å². The Morgan fingerprint density at radius 1 is 1.09 bits per heavy atom. The number of hydrogen-bond acceptors (Lipinski definition) is 0. The average Bonchev–Trinajstić information content (AvgIpc) is 2.00. The lowest BCUT2D eigenvalue weighted by Gasteiger charge is -2.32. The Hall–Kier alpha value is -0.260. The van der Waals surface area contributed by atoms with Crippen molar-refractivity contribution in [3.63, 3.8) is 0 Å². The van der Waals surface area contributed by atoms with Crippen molar-refractivity contribution >= 4 is 0 Å². The molecule has 4 atom stereocenters. The van der Waals surface area contributed by atoms with Crippen molar-refractivity contribution < 1.29 is 0 Å². The highest BCUT2D eigenvalue weighted by Crippen LogP contribution is 2.42. The van der Waals surface area contributed by atoms with Crippen molar-refractivity contribution in [1.29, 1.82) is 0 Å². The molecule has 0 heterocycles. The molecular weight excluding hydrogens is 132 g/mol. The lowest BCUT2D eigenvalue weighted by atomic mass is 9.73. The van der Waals surface area contributed by atoms with E-state index in [0.717, 1.165) is 23.7 Å². The van der Waals surface area contributed by atoms with Gasteiger partial charge in [-0.15, -0.1) is 0 Å². The van der Waals surface area contributed by atoms with E-state index in [2.05, 4.69) is 26.0 Å². The zero-order valence-electron chi connectivity index (χ0n) is 7.59. The fraction of sp³-hybridized carbons (Fsp3) is 0.818. The van der Waals surface area contributed by atoms with Gasteiger partial charge in [-0.2, -0.15) is 0 Å². The van der Waals surface area contributed by atoms with Crippen LogP contribution in [0.4, 0.5) is 0 Å². The van der Waals surface area contributed by atoms with Gasteiger partial charge in [0.05, 0.1) is 0 Å². The monoisotopic (exact) mass is 150 g/mol. The Labute approximate surface area is 69.7 Å². The standard InChI is InChI=1S/C11H18/c1-8-3-4-9(2)11-6-5-10(11)7-8/h5-6,8-11H,3-4,7H2,1-2H3. The van der Waals surface area contributed by atoms with Crippen LogP contribution in [0, 0.1) is 23.7 Å². The molecule has 0 aromatic rings. The van der Waals surface area contributed by atoms with Crippen molar-refractivity contribution in [2.24, 2.45) is 23.7 Å². The molecule has 0 aromatic carbocycles. The fourth-order valence-electron chi connectivity index (χ4n) is 2.57. The average molecular weight is 150 g/mol. The third-order valence-corrected chi connectivity index (χ3v) is 3.52. The SMILES string of the molecule is CC1CCC(C)C2C=CC2C1. The summed E-state index contributed by atoms with van der Waals surface area (Å²) in [7, 11) is 0. The van der Waals surface area contributed by atoms with Gasteiger partial charge in [-0.1, -0.05) is 32.4 Å². The van der Waals surface area contributed by atoms with Crippen LogP contribution in [0.25, 0.3) is 0 Å². The second-order valence-corrected chi connectivity index (χ2v) is 4.52. The molecule has 0 bridgehead atoms. The van der Waals surface area contributed by atoms with Crippen LogP contribution in [0.2, 0.25) is 0 Å². The summed E-state index contributed by atoms with van der Waals surface area (Å²) in [5, 5.41) is 0. The highest BCUT2D eigenvalue weighted by atomic mass is 14.4. The first kappa shape index (κ1) is 7.39. The van der Waals surface area contributed by atoms with Crippen LogP contribution in [0.1, 0.15) is 33.1 Å². The second-order valence-electron chi connectivity index (χ2n) is 4.52. The van der Waals surface area contributed by atoms with E-state index in [1.54, 1.807) is 0 Å². The summed E-state index contributed by atoms with van der Waals surface area (Å²) in [5.74, 6) is 3.81. The predicted molar refractivity (Wildman–Crippen MR) is 48.3 cm³/mol. The third-order valence-electron chi connectivity index (χ3n) is 3.52. The Balaban J connectivity index is 2.06. The van der Waals surface area contributed by atoms with E-state index in [0.29, 0.717) is 0 Å². The maximum atomic E-state index is 2.42. The largest absolute Gasteiger partial charge is 0.0845 e. The Morgan fingerprint density at radius 2 is 1.91 bits per heavy atom. The van der Waals surface area contributed by atoms with E-state index < -0.39 is 0 Å². The molecule has 0 amide bonds. The van der Waals surface area contributed by atoms with E-state index in [1.807, 2.05) is 0 Å². The van der Waals surface area contributed by atoms with Gasteiger partial charge >= 0.3 is 0 Å². The molecule has 62 valence electrons. The van der Waals surface area contributed by atoms with Gasteiger partial charge in [0.25, 0.3) is 0 Å². The van der Waals surface area contributed by atoms with Crippen molar-refractivity contribution in [2.45, 2.75) is 33.1 Å². The number of hydrogen-bond donors (Lipinski definition) is 0. The molecule has 4 unspecified atom stereocenters. The van der Waals surface area contributed by atoms with Gasteiger partial charge in [-0.3, -0.25) is 0 Å². The van der Waals surface area contributed by atoms with E-state index in [1.165, 1.54) is 19.3 Å². The molecule has 0 nitrogen and oxygen atoms in total. The molecule has 0 saturated heterocycles. The maximum absolute atomic E-state index is 2.42. The summed E-state index contributed by atoms with van der Waals surface area (Å²) in [5.41, 5.74) is 0. The summed E-state index contributed by atoms with van der Waals surface area (Å²) < 4.78 is 0. The Bertz CT molecular complexity index is 169. The zero-order valence-corrected chi connectivity index (χ0v) is 7.59. The normalized spacial score (nSPS) is 49.3. The van der Waals surface area contributed by atoms with Gasteiger partial charge in [0.1, 0.15) is 0 Å². The molecule has 0 radical (unpaired) electrons. The minimum Gasteiger partial charge on any atom is -0.0845 e. The molecule has 0 aliphatic heterocycles. The first-order valence-electron chi connectivity index (χ1n) is 4.95. The Morgan fingerprint density at radius 3 is 2.55 bits per heavy atom. The number of fused-ring (bicyclic) bond motifs is 1. The van der Waals surface area contributed by atoms with E-state index in [9.17, 15) is 0 Å². The number of allylic oxidation sites excluding steroid dienone is 2. The molecule has 11 heavy (non-hydrogen) atoms. The van der Waals surface area contributed by atoms with Gasteiger partial charge in [-0.05, 0) is 36.5 Å². The minimum absolute atomic E-state index is 0.944. The molecule has 0 N–H and O–H groups in total. The molecule has 2 aliphatic carbocycles. The van der Waals surface area contributed by atoms with Crippen LogP contribution in [0.5, 0.6) is 0 Å². The highest BCUT2D eigenvalue weighted by molar-refractivity contribution is 5.11. The molecule has 2 rings (SSSR count). The molecule has 0 aromatic heterocycles. The summed E-state index contributed by atoms with van der Waals surface area (Å²) in [6.45, 7) is 4.82. The van der Waals surface area contributed by atoms with Gasteiger partial charge < -0.3 is 0 Å². The maximum Gasteiger partial charge on any atom is -0.0145 e. The van der Waals surface area contributed by atoms with E-state index in [4.69, 9.17) is 0 Å². The molecule has 0 spiro atoms. The van der Waals surface area contributed by atoms with Crippen molar-refractivity contribution in [2.75, 3.05) is 0 Å². The molecule has 2 aliphatic rings. The predicted octanol–water partition coefficient (Wildman–Crippen LogP) is 3.24. The highest BCUT2D eigenvalue weighted by Gasteiger charge is 2.32. The van der Waals surface area contributed by atoms with Crippen LogP contribution >= 0.6 is 0 Å². The van der Waals surface area contributed by atoms with Crippen LogP contribution in [-0.2, 0) is 0 Å². The zero-order chi connectivity index (χ0) is 7.84. The molecule has 1 fully saturated rings. The first-order chi connectivity index (χ1) is 5.27. The van der Waals surface area contributed by atoms with Crippen LogP contribution < -0.4 is 0 Å². The first-order valence-corrected chi connectivity index (χ1v) is 4.95. The molecule has 1 saturated carbocycles. The minimum atomic E-state index is 0.944. The molecule has 0 heteroatoms. The topological polar surface area (TPSA) is 0 Å². The van der Waals surface area contributed by atoms with Gasteiger partial charge in [0.15, 0.2) is 0 Å². The van der Waals surface area contributed by atoms with Crippen molar-refractivity contribution in [3.05, 3.63) is 12.2 Å². The van der Waals surface area contributed by atoms with Crippen molar-refractivity contribution in [1.82, 2.24) is 0 Å². The second kappa shape index (κ2) is 2.66. The van der Waals surface area contributed by atoms with Crippen LogP contribution in [-0.4, -0.2) is 0 Å². The van der Waals surface area contributed by atoms with Crippen molar-refractivity contribution in [3.8, 4) is 0 Å². The smallest absolute Gasteiger partial charge is 0.0145 e. The van der Waals surface area contributed by atoms with Gasteiger partial charge in [-0.25, -0.2) is 0 Å². The number of rotatable bonds is 0. The third kappa shape index (κ3) is 1.23. The summed E-state index contributed by atoms with van der Waals surface area (Å²) in [4.78, 5) is 0. The van der Waals surface area contributed by atoms with Gasteiger partial charge in [0, 0.05) is 0 Å². The summed E-state index contributed by atoms with van der Waals surface area (Å²) in [6.07, 6.45) is 9.20. The Kier molecular flexibility index (Phi) is 1.78. The lowest BCUT2D eigenvalue weighted by Crippen LogP contribution is -2.23. The van der Waals surface area contributed by atoms with E-state index in [-0.39, 0.29) is 0 Å².